The van der Waals surface area contributed by atoms with Crippen LogP contribution in [0.1, 0.15) is 77.6 Å². The topological polar surface area (TPSA) is 9.23 Å². The maximum atomic E-state index is 5.76. The molecule has 2 saturated carbocycles. The smallest absolute Gasteiger partial charge is 0.0647 e. The minimum atomic E-state index is 0.798. The van der Waals surface area contributed by atoms with Crippen LogP contribution in [0.15, 0.2) is 24.8 Å². The van der Waals surface area contributed by atoms with Crippen LogP contribution in [-0.4, -0.2) is 13.2 Å². The molecule has 2 aliphatic carbocycles. The number of ether oxygens (including phenoxy) is 1. The van der Waals surface area contributed by atoms with Crippen molar-refractivity contribution in [2.45, 2.75) is 77.6 Å². The second-order valence-electron chi connectivity index (χ2n) is 7.89. The van der Waals surface area contributed by atoms with Crippen LogP contribution in [0.25, 0.3) is 0 Å². The predicted octanol–water partition coefficient (Wildman–Crippen LogP) is 6.55. The van der Waals surface area contributed by atoms with E-state index in [0.717, 1.165) is 36.9 Å². The largest absolute Gasteiger partial charge is 0.377 e. The minimum Gasteiger partial charge on any atom is -0.377 e. The molecule has 0 unspecified atom stereocenters. The number of unbranched alkanes of at least 4 members (excludes halogenated alkanes) is 1. The summed E-state index contributed by atoms with van der Waals surface area (Å²) in [5.41, 5.74) is 0. The Labute approximate surface area is 144 Å². The average molecular weight is 319 g/mol. The van der Waals surface area contributed by atoms with E-state index in [4.69, 9.17) is 4.74 Å². The molecule has 132 valence electrons. The zero-order valence-electron chi connectivity index (χ0n) is 15.3. The van der Waals surface area contributed by atoms with E-state index < -0.39 is 0 Å². The standard InChI is InChI=1S/C22H38O/c1-3-5-7-8-19-9-13-21(14-10-19)22-15-11-20(12-16-22)18-23-17-6-4-2/h3-4,6,19-22H,1,5,7-18H2,2H3. The molecule has 23 heavy (non-hydrogen) atoms. The van der Waals surface area contributed by atoms with Crippen molar-refractivity contribution in [3.63, 3.8) is 0 Å². The van der Waals surface area contributed by atoms with Crippen molar-refractivity contribution in [1.29, 1.82) is 0 Å². The Kier molecular flexibility index (Phi) is 9.04. The van der Waals surface area contributed by atoms with E-state index in [2.05, 4.69) is 31.7 Å². The zero-order valence-corrected chi connectivity index (χ0v) is 15.3. The Morgan fingerprint density at radius 3 is 2.09 bits per heavy atom. The third-order valence-electron chi connectivity index (χ3n) is 6.27. The van der Waals surface area contributed by atoms with Gasteiger partial charge in [-0.15, -0.1) is 6.58 Å². The van der Waals surface area contributed by atoms with Crippen molar-refractivity contribution in [3.05, 3.63) is 24.8 Å². The van der Waals surface area contributed by atoms with Crippen LogP contribution < -0.4 is 0 Å². The third kappa shape index (κ3) is 6.83. The summed E-state index contributed by atoms with van der Waals surface area (Å²) < 4.78 is 5.76. The molecule has 0 aromatic rings. The van der Waals surface area contributed by atoms with Crippen LogP contribution in [0.4, 0.5) is 0 Å². The molecule has 2 fully saturated rings. The van der Waals surface area contributed by atoms with E-state index in [9.17, 15) is 0 Å². The van der Waals surface area contributed by atoms with Gasteiger partial charge in [0.2, 0.25) is 0 Å². The Morgan fingerprint density at radius 2 is 1.52 bits per heavy atom. The summed E-state index contributed by atoms with van der Waals surface area (Å²) in [6, 6.07) is 0. The van der Waals surface area contributed by atoms with Gasteiger partial charge in [-0.1, -0.05) is 37.5 Å². The molecule has 0 spiro atoms. The van der Waals surface area contributed by atoms with Crippen LogP contribution >= 0.6 is 0 Å². The summed E-state index contributed by atoms with van der Waals surface area (Å²) >= 11 is 0. The average Bonchev–Trinajstić information content (AvgIpc) is 2.60. The Morgan fingerprint density at radius 1 is 0.913 bits per heavy atom. The maximum Gasteiger partial charge on any atom is 0.0647 e. The first-order valence-corrected chi connectivity index (χ1v) is 10.1. The number of hydrogen-bond acceptors (Lipinski definition) is 1. The highest BCUT2D eigenvalue weighted by Gasteiger charge is 2.30. The van der Waals surface area contributed by atoms with Crippen LogP contribution in [0.5, 0.6) is 0 Å². The molecule has 0 atom stereocenters. The van der Waals surface area contributed by atoms with Gasteiger partial charge >= 0.3 is 0 Å². The summed E-state index contributed by atoms with van der Waals surface area (Å²) in [5.74, 6) is 3.90. The second kappa shape index (κ2) is 11.1. The lowest BCUT2D eigenvalue weighted by Gasteiger charge is -2.38. The minimum absolute atomic E-state index is 0.798. The fourth-order valence-electron chi connectivity index (χ4n) is 4.72. The van der Waals surface area contributed by atoms with Gasteiger partial charge in [-0.2, -0.15) is 0 Å². The van der Waals surface area contributed by atoms with Gasteiger partial charge in [0.05, 0.1) is 6.61 Å². The van der Waals surface area contributed by atoms with E-state index in [0.29, 0.717) is 0 Å². The van der Waals surface area contributed by atoms with Crippen molar-refractivity contribution in [2.75, 3.05) is 13.2 Å². The van der Waals surface area contributed by atoms with Crippen molar-refractivity contribution in [1.82, 2.24) is 0 Å². The first-order chi connectivity index (χ1) is 11.3. The van der Waals surface area contributed by atoms with Gasteiger partial charge in [-0.25, -0.2) is 0 Å². The molecule has 1 heteroatoms. The summed E-state index contributed by atoms with van der Waals surface area (Å²) in [5, 5.41) is 0. The molecular weight excluding hydrogens is 280 g/mol. The van der Waals surface area contributed by atoms with Crippen molar-refractivity contribution >= 4 is 0 Å². The van der Waals surface area contributed by atoms with E-state index in [1.165, 1.54) is 70.6 Å². The van der Waals surface area contributed by atoms with E-state index in [1.54, 1.807) is 0 Å². The molecule has 0 heterocycles. The van der Waals surface area contributed by atoms with Crippen LogP contribution in [0, 0.1) is 23.7 Å². The molecule has 0 N–H and O–H groups in total. The van der Waals surface area contributed by atoms with E-state index in [1.807, 2.05) is 0 Å². The van der Waals surface area contributed by atoms with Crippen molar-refractivity contribution in [2.24, 2.45) is 23.7 Å². The summed E-state index contributed by atoms with van der Waals surface area (Å²) in [7, 11) is 0. The number of rotatable bonds is 9. The number of allylic oxidation sites excluding steroid dienone is 2. The molecule has 1 nitrogen and oxygen atoms in total. The Balaban J connectivity index is 1.58. The van der Waals surface area contributed by atoms with Crippen LogP contribution in [0.2, 0.25) is 0 Å². The van der Waals surface area contributed by atoms with Crippen LogP contribution in [-0.2, 0) is 4.74 Å². The van der Waals surface area contributed by atoms with Gasteiger partial charge in [0.25, 0.3) is 0 Å². The highest BCUT2D eigenvalue weighted by molar-refractivity contribution is 4.83. The molecule has 0 saturated heterocycles. The lowest BCUT2D eigenvalue weighted by Crippen LogP contribution is -2.27. The summed E-state index contributed by atoms with van der Waals surface area (Å²) in [6.45, 7) is 7.67. The monoisotopic (exact) mass is 318 g/mol. The Hall–Kier alpha value is -0.560. The Bertz CT molecular complexity index is 330. The highest BCUT2D eigenvalue weighted by atomic mass is 16.5. The maximum absolute atomic E-state index is 5.76. The first kappa shape index (κ1) is 18.8. The summed E-state index contributed by atoms with van der Waals surface area (Å²) in [4.78, 5) is 0. The van der Waals surface area contributed by atoms with Gasteiger partial charge in [-0.05, 0) is 82.0 Å². The van der Waals surface area contributed by atoms with Gasteiger partial charge < -0.3 is 4.74 Å². The lowest BCUT2D eigenvalue weighted by atomic mass is 9.69. The van der Waals surface area contributed by atoms with Gasteiger partial charge in [0.15, 0.2) is 0 Å². The SMILES string of the molecule is C=CCCCC1CCC(C2CCC(COCC=CC)CC2)CC1. The molecular formula is C22H38O. The van der Waals surface area contributed by atoms with Crippen molar-refractivity contribution in [3.8, 4) is 0 Å². The van der Waals surface area contributed by atoms with Gasteiger partial charge in [0, 0.05) is 6.61 Å². The van der Waals surface area contributed by atoms with Gasteiger partial charge in [-0.3, -0.25) is 0 Å². The zero-order chi connectivity index (χ0) is 16.3. The fourth-order valence-corrected chi connectivity index (χ4v) is 4.72. The molecule has 0 bridgehead atoms. The molecule has 0 aliphatic heterocycles. The molecule has 0 amide bonds. The number of hydrogen-bond donors (Lipinski definition) is 0. The highest BCUT2D eigenvalue weighted by Crippen LogP contribution is 2.42. The predicted molar refractivity (Wildman–Crippen MR) is 101 cm³/mol. The van der Waals surface area contributed by atoms with E-state index >= 15 is 0 Å². The second-order valence-corrected chi connectivity index (χ2v) is 7.89. The molecule has 0 aromatic heterocycles. The van der Waals surface area contributed by atoms with E-state index in [-0.39, 0.29) is 0 Å². The third-order valence-corrected chi connectivity index (χ3v) is 6.27. The molecule has 0 radical (unpaired) electrons. The summed E-state index contributed by atoms with van der Waals surface area (Å²) in [6.07, 6.45) is 22.0. The van der Waals surface area contributed by atoms with Crippen molar-refractivity contribution < 1.29 is 4.74 Å². The normalized spacial score (nSPS) is 32.2. The lowest BCUT2D eigenvalue weighted by molar-refractivity contribution is 0.0779. The molecule has 2 rings (SSSR count). The fraction of sp³-hybridized carbons (Fsp3) is 0.818. The molecule has 0 aromatic carbocycles. The van der Waals surface area contributed by atoms with Gasteiger partial charge in [0.1, 0.15) is 0 Å². The van der Waals surface area contributed by atoms with Crippen LogP contribution in [0.3, 0.4) is 0 Å². The first-order valence-electron chi connectivity index (χ1n) is 10.1. The quantitative estimate of drug-likeness (QED) is 0.346. The molecule has 2 aliphatic rings.